The van der Waals surface area contributed by atoms with E-state index in [0.29, 0.717) is 23.9 Å². The Morgan fingerprint density at radius 3 is 0.976 bits per heavy atom. The van der Waals surface area contributed by atoms with Crippen molar-refractivity contribution in [2.75, 3.05) is 47.5 Å². The highest BCUT2D eigenvalue weighted by Gasteiger charge is 2.22. The quantitative estimate of drug-likeness (QED) is 0.0195. The molecule has 0 saturated carbocycles. The predicted molar refractivity (Wildman–Crippen MR) is 350 cm³/mol. The Morgan fingerprint density at radius 1 is 0.378 bits per heavy atom. The molecule has 464 valence electrons. The molecule has 82 heavy (non-hydrogen) atoms. The van der Waals surface area contributed by atoms with Gasteiger partial charge in [0.15, 0.2) is 6.10 Å². The van der Waals surface area contributed by atoms with Gasteiger partial charge in [0, 0.05) is 12.8 Å². The van der Waals surface area contributed by atoms with Crippen molar-refractivity contribution >= 4 is 19.8 Å². The van der Waals surface area contributed by atoms with Crippen LogP contribution in [0.1, 0.15) is 232 Å². The Balaban J connectivity index is 4.08. The van der Waals surface area contributed by atoms with Crippen molar-refractivity contribution in [3.63, 3.8) is 0 Å². The van der Waals surface area contributed by atoms with E-state index < -0.39 is 32.5 Å². The number of likely N-dealkylation sites (N-methyl/N-ethyl adjacent to an activating group) is 1. The average Bonchev–Trinajstić information content (AvgIpc) is 3.45. The molecule has 0 radical (unpaired) electrons. The number of hydrogen-bond donors (Lipinski definition) is 0. The first-order chi connectivity index (χ1) is 40.0. The molecule has 0 spiro atoms. The summed E-state index contributed by atoms with van der Waals surface area (Å²) < 4.78 is 34.2. The topological polar surface area (TPSA) is 111 Å². The van der Waals surface area contributed by atoms with Crippen LogP contribution in [-0.2, 0) is 32.7 Å². The molecule has 0 aromatic rings. The van der Waals surface area contributed by atoms with Crippen LogP contribution < -0.4 is 4.89 Å². The van der Waals surface area contributed by atoms with E-state index in [0.717, 1.165) is 128 Å². The zero-order chi connectivity index (χ0) is 59.8. The molecule has 0 saturated heterocycles. The van der Waals surface area contributed by atoms with Crippen LogP contribution in [-0.4, -0.2) is 70.0 Å². The van der Waals surface area contributed by atoms with Gasteiger partial charge >= 0.3 is 11.9 Å². The molecule has 0 heterocycles. The number of esters is 2. The molecule has 0 aliphatic carbocycles. The van der Waals surface area contributed by atoms with Crippen molar-refractivity contribution in [3.8, 4) is 0 Å². The van der Waals surface area contributed by atoms with Gasteiger partial charge in [-0.3, -0.25) is 14.2 Å². The molecule has 0 aromatic heterocycles. The zero-order valence-corrected chi connectivity index (χ0v) is 53.5. The van der Waals surface area contributed by atoms with Gasteiger partial charge in [-0.05, 0) is 122 Å². The van der Waals surface area contributed by atoms with E-state index in [4.69, 9.17) is 18.5 Å². The van der Waals surface area contributed by atoms with Crippen LogP contribution in [0.3, 0.4) is 0 Å². The Labute approximate surface area is 503 Å². The lowest BCUT2D eigenvalue weighted by molar-refractivity contribution is -0.870. The SMILES string of the molecule is CC/C=C\C/C=C\C/C=C\C/C=C\C/C=C\C/C=C\C/C=C\C/C=C\C/C=C\CCCCCCCCCCCCCCCC(=O)OC(COC(=O)CCCCCC/C=C\C/C=C\C/C=C\C/C=C\CC)COP(=O)([O-])OCC[N+](C)(C)C. The van der Waals surface area contributed by atoms with Gasteiger partial charge in [0.2, 0.25) is 0 Å². The van der Waals surface area contributed by atoms with Gasteiger partial charge in [0.05, 0.1) is 27.7 Å². The smallest absolute Gasteiger partial charge is 0.306 e. The van der Waals surface area contributed by atoms with Gasteiger partial charge in [-0.1, -0.05) is 255 Å². The number of carbonyl (C=O) groups excluding carboxylic acids is 2. The molecular weight excluding hydrogens is 1040 g/mol. The monoisotopic (exact) mass is 1160 g/mol. The third-order valence-corrected chi connectivity index (χ3v) is 14.0. The lowest BCUT2D eigenvalue weighted by atomic mass is 10.0. The lowest BCUT2D eigenvalue weighted by Crippen LogP contribution is -2.37. The van der Waals surface area contributed by atoms with Crippen LogP contribution in [0.2, 0.25) is 0 Å². The summed E-state index contributed by atoms with van der Waals surface area (Å²) in [6, 6.07) is 0. The molecule has 0 bridgehead atoms. The summed E-state index contributed by atoms with van der Waals surface area (Å²) >= 11 is 0. The number of rotatable bonds is 57. The molecule has 0 N–H and O–H groups in total. The van der Waals surface area contributed by atoms with Crippen LogP contribution >= 0.6 is 7.82 Å². The molecule has 0 aliphatic rings. The summed E-state index contributed by atoms with van der Waals surface area (Å²) in [6.07, 6.45) is 91.7. The second-order valence-electron chi connectivity index (χ2n) is 22.0. The highest BCUT2D eigenvalue weighted by molar-refractivity contribution is 7.45. The van der Waals surface area contributed by atoms with E-state index in [1.54, 1.807) is 0 Å². The minimum Gasteiger partial charge on any atom is -0.756 e. The molecule has 2 atom stereocenters. The number of unbranched alkanes of at least 4 members (excludes halogenated alkanes) is 17. The van der Waals surface area contributed by atoms with Crippen LogP contribution in [0.25, 0.3) is 0 Å². The van der Waals surface area contributed by atoms with Gasteiger partial charge in [-0.15, -0.1) is 0 Å². The number of ether oxygens (including phenoxy) is 2. The Hall–Kier alpha value is -4.37. The third kappa shape index (κ3) is 64.8. The third-order valence-electron chi connectivity index (χ3n) is 13.0. The summed E-state index contributed by atoms with van der Waals surface area (Å²) in [6.45, 7) is 3.96. The van der Waals surface area contributed by atoms with Crippen molar-refractivity contribution in [1.82, 2.24) is 0 Å². The molecular formula is C72H118NO8P. The number of allylic oxidation sites excluding steroid dienone is 26. The van der Waals surface area contributed by atoms with Crippen molar-refractivity contribution in [2.45, 2.75) is 238 Å². The van der Waals surface area contributed by atoms with E-state index in [9.17, 15) is 19.0 Å². The second-order valence-corrected chi connectivity index (χ2v) is 23.4. The van der Waals surface area contributed by atoms with Crippen molar-refractivity contribution in [3.05, 3.63) is 158 Å². The summed E-state index contributed by atoms with van der Waals surface area (Å²) in [5, 5.41) is 0. The minimum absolute atomic E-state index is 0.0426. The summed E-state index contributed by atoms with van der Waals surface area (Å²) in [5.74, 6) is -0.871. The van der Waals surface area contributed by atoms with Gasteiger partial charge in [0.1, 0.15) is 19.8 Å². The van der Waals surface area contributed by atoms with Crippen LogP contribution in [0.15, 0.2) is 158 Å². The standard InChI is InChI=1S/C72H118NO8P/c1-6-8-10-12-14-16-18-20-22-24-25-26-27-28-29-30-31-32-33-34-35-36-37-38-39-40-41-42-43-44-45-46-47-49-51-53-55-57-59-61-63-65-72(75)81-70(69-80-82(76,77)79-67-66-73(3,4)5)68-78-71(74)64-62-60-58-56-54-52-50-48-23-21-19-17-15-13-11-9-7-2/h8-11,14-17,20-23,25-26,28-29,31-32,34-35,37-38,40-41,50,52,70H,6-7,12-13,18-19,24,27,30,33,36,39,42-49,51,53-69H2,1-5H3/b10-8-,11-9-,16-14-,17-15-,22-20-,23-21-,26-25-,29-28-,32-31-,35-34-,38-37-,41-40-,52-50-. The minimum atomic E-state index is -4.65. The van der Waals surface area contributed by atoms with Gasteiger partial charge < -0.3 is 27.9 Å². The molecule has 9 nitrogen and oxygen atoms in total. The van der Waals surface area contributed by atoms with E-state index in [2.05, 4.69) is 172 Å². The maximum absolute atomic E-state index is 12.8. The molecule has 0 aromatic carbocycles. The number of carbonyl (C=O) groups is 2. The fourth-order valence-electron chi connectivity index (χ4n) is 8.17. The van der Waals surface area contributed by atoms with E-state index in [1.807, 2.05) is 21.1 Å². The highest BCUT2D eigenvalue weighted by atomic mass is 31.2. The van der Waals surface area contributed by atoms with Crippen LogP contribution in [0.4, 0.5) is 0 Å². The Kier molecular flexibility index (Phi) is 57.9. The lowest BCUT2D eigenvalue weighted by Gasteiger charge is -2.28. The number of phosphoric acid groups is 1. The molecule has 0 amide bonds. The largest absolute Gasteiger partial charge is 0.756 e. The zero-order valence-electron chi connectivity index (χ0n) is 52.6. The first-order valence-electron chi connectivity index (χ1n) is 32.2. The van der Waals surface area contributed by atoms with Crippen LogP contribution in [0.5, 0.6) is 0 Å². The van der Waals surface area contributed by atoms with E-state index in [-0.39, 0.29) is 26.1 Å². The summed E-state index contributed by atoms with van der Waals surface area (Å²) in [7, 11) is 1.13. The average molecular weight is 1160 g/mol. The number of phosphoric ester groups is 1. The fourth-order valence-corrected chi connectivity index (χ4v) is 8.90. The van der Waals surface area contributed by atoms with Crippen molar-refractivity contribution in [2.24, 2.45) is 0 Å². The molecule has 10 heteroatoms. The number of nitrogens with zero attached hydrogens (tertiary/aromatic N) is 1. The second kappa shape index (κ2) is 61.2. The van der Waals surface area contributed by atoms with Gasteiger partial charge in [-0.2, -0.15) is 0 Å². The van der Waals surface area contributed by atoms with Gasteiger partial charge in [-0.25, -0.2) is 0 Å². The van der Waals surface area contributed by atoms with Crippen LogP contribution in [0, 0.1) is 0 Å². The summed E-state index contributed by atoms with van der Waals surface area (Å²) in [5.41, 5.74) is 0. The van der Waals surface area contributed by atoms with Crippen molar-refractivity contribution < 1.29 is 42.1 Å². The van der Waals surface area contributed by atoms with E-state index >= 15 is 0 Å². The van der Waals surface area contributed by atoms with Gasteiger partial charge in [0.25, 0.3) is 7.82 Å². The maximum Gasteiger partial charge on any atom is 0.306 e. The molecule has 0 aliphatic heterocycles. The maximum atomic E-state index is 12.8. The van der Waals surface area contributed by atoms with E-state index in [1.165, 1.54) is 64.2 Å². The molecule has 0 fully saturated rings. The molecule has 2 unspecified atom stereocenters. The fraction of sp³-hybridized carbons (Fsp3) is 0.611. The Bertz CT molecular complexity index is 1940. The Morgan fingerprint density at radius 2 is 0.659 bits per heavy atom. The normalized spacial score (nSPS) is 14.3. The highest BCUT2D eigenvalue weighted by Crippen LogP contribution is 2.38. The summed E-state index contributed by atoms with van der Waals surface area (Å²) in [4.78, 5) is 37.9. The van der Waals surface area contributed by atoms with Crippen molar-refractivity contribution in [1.29, 1.82) is 0 Å². The molecule has 0 rings (SSSR count). The first kappa shape index (κ1) is 77.6. The number of quaternary nitrogens is 1. The first-order valence-corrected chi connectivity index (χ1v) is 33.7. The number of hydrogen-bond acceptors (Lipinski definition) is 8. The predicted octanol–water partition coefficient (Wildman–Crippen LogP) is 20.2.